The van der Waals surface area contributed by atoms with Crippen LogP contribution in [0.5, 0.6) is 0 Å². The molecule has 8 atom stereocenters. The van der Waals surface area contributed by atoms with Crippen molar-refractivity contribution in [3.05, 3.63) is 49.1 Å². The van der Waals surface area contributed by atoms with Gasteiger partial charge < -0.3 is 39.9 Å². The molecular formula is C47H83O13P. The minimum Gasteiger partial charge on any atom is -0.462 e. The van der Waals surface area contributed by atoms with E-state index in [2.05, 4.69) is 37.8 Å². The zero-order valence-corrected chi connectivity index (χ0v) is 38.2. The van der Waals surface area contributed by atoms with Crippen LogP contribution in [0.2, 0.25) is 0 Å². The summed E-state index contributed by atoms with van der Waals surface area (Å²) in [4.78, 5) is 35.7. The van der Waals surface area contributed by atoms with Crippen molar-refractivity contribution in [2.24, 2.45) is 0 Å². The summed E-state index contributed by atoms with van der Waals surface area (Å²) < 4.78 is 33.5. The van der Waals surface area contributed by atoms with Crippen molar-refractivity contribution in [3.8, 4) is 0 Å². The lowest BCUT2D eigenvalue weighted by molar-refractivity contribution is -0.220. The number of aliphatic hydroxyl groups excluding tert-OH is 5. The molecule has 0 radical (unpaired) electrons. The highest BCUT2D eigenvalue weighted by Crippen LogP contribution is 2.47. The molecule has 6 unspecified atom stereocenters. The first-order valence-corrected chi connectivity index (χ1v) is 24.9. The van der Waals surface area contributed by atoms with Crippen LogP contribution in [0.1, 0.15) is 180 Å². The topological polar surface area (TPSA) is 210 Å². The Bertz CT molecular complexity index is 1240. The number of carbonyl (C=O) groups is 2. The number of rotatable bonds is 39. The molecule has 13 nitrogen and oxygen atoms in total. The highest BCUT2D eigenvalue weighted by molar-refractivity contribution is 7.47. The van der Waals surface area contributed by atoms with Crippen LogP contribution in [-0.2, 0) is 32.7 Å². The molecule has 0 aromatic rings. The first-order chi connectivity index (χ1) is 29.4. The van der Waals surface area contributed by atoms with E-state index in [-0.39, 0.29) is 12.8 Å². The van der Waals surface area contributed by atoms with Crippen molar-refractivity contribution in [2.45, 2.75) is 223 Å². The maximum atomic E-state index is 12.8. The predicted molar refractivity (Wildman–Crippen MR) is 239 cm³/mol. The summed E-state index contributed by atoms with van der Waals surface area (Å²) in [5.74, 6) is -1.16. The molecule has 0 aromatic heterocycles. The van der Waals surface area contributed by atoms with E-state index in [0.29, 0.717) is 19.3 Å². The van der Waals surface area contributed by atoms with Gasteiger partial charge >= 0.3 is 19.8 Å². The monoisotopic (exact) mass is 887 g/mol. The van der Waals surface area contributed by atoms with Crippen LogP contribution in [0.25, 0.3) is 0 Å². The van der Waals surface area contributed by atoms with E-state index in [1.54, 1.807) is 0 Å². The summed E-state index contributed by atoms with van der Waals surface area (Å²) >= 11 is 0. The molecule has 1 aliphatic carbocycles. The average Bonchev–Trinajstić information content (AvgIpc) is 3.24. The molecule has 0 aromatic carbocycles. The highest BCUT2D eigenvalue weighted by Gasteiger charge is 2.51. The van der Waals surface area contributed by atoms with Crippen molar-refractivity contribution >= 4 is 19.8 Å². The van der Waals surface area contributed by atoms with Gasteiger partial charge in [-0.25, -0.2) is 4.57 Å². The number of hydrogen-bond donors (Lipinski definition) is 6. The van der Waals surface area contributed by atoms with Gasteiger partial charge in [0, 0.05) is 12.8 Å². The van der Waals surface area contributed by atoms with E-state index in [9.17, 15) is 44.6 Å². The molecule has 1 fully saturated rings. The molecule has 1 saturated carbocycles. The van der Waals surface area contributed by atoms with Crippen molar-refractivity contribution < 1.29 is 63.1 Å². The Morgan fingerprint density at radius 1 is 0.557 bits per heavy atom. The summed E-state index contributed by atoms with van der Waals surface area (Å²) in [6.45, 7) is 4.78. The van der Waals surface area contributed by atoms with Gasteiger partial charge in [0.15, 0.2) is 6.10 Å². The zero-order chi connectivity index (χ0) is 45.0. The summed E-state index contributed by atoms with van der Waals surface area (Å²) in [6, 6.07) is 0. The SMILES string of the molecule is C=CCCCCCCCCCCCCCCCC(=O)OC[C@H](COP(=O)(O)OC1C(O)C(O)C(O)[C@H](O)C1O)OC(=O)CCC/C=C/C/C=C/C/C=C/CCCCCCCC. The molecular weight excluding hydrogens is 803 g/mol. The van der Waals surface area contributed by atoms with Gasteiger partial charge in [-0.15, -0.1) is 6.58 Å². The number of hydrogen-bond acceptors (Lipinski definition) is 12. The minimum absolute atomic E-state index is 0.0241. The Labute approximate surface area is 367 Å². The third-order valence-corrected chi connectivity index (χ3v) is 11.8. The van der Waals surface area contributed by atoms with Gasteiger partial charge in [-0.1, -0.05) is 152 Å². The van der Waals surface area contributed by atoms with Gasteiger partial charge in [0.2, 0.25) is 0 Å². The van der Waals surface area contributed by atoms with Crippen molar-refractivity contribution in [3.63, 3.8) is 0 Å². The van der Waals surface area contributed by atoms with Gasteiger partial charge in [-0.3, -0.25) is 18.6 Å². The molecule has 6 N–H and O–H groups in total. The third-order valence-electron chi connectivity index (χ3n) is 10.8. The Morgan fingerprint density at radius 3 is 1.51 bits per heavy atom. The van der Waals surface area contributed by atoms with Gasteiger partial charge in [0.1, 0.15) is 43.2 Å². The van der Waals surface area contributed by atoms with Crippen LogP contribution in [0.4, 0.5) is 0 Å². The van der Waals surface area contributed by atoms with Gasteiger partial charge in [-0.2, -0.15) is 0 Å². The zero-order valence-electron chi connectivity index (χ0n) is 37.3. The summed E-state index contributed by atoms with van der Waals surface area (Å²) in [5.41, 5.74) is 0. The largest absolute Gasteiger partial charge is 0.472 e. The van der Waals surface area contributed by atoms with Crippen LogP contribution in [0.15, 0.2) is 49.1 Å². The number of ether oxygens (including phenoxy) is 2. The fourth-order valence-electron chi connectivity index (χ4n) is 6.99. The number of unbranched alkanes of at least 4 members (excludes halogenated alkanes) is 20. The lowest BCUT2D eigenvalue weighted by Gasteiger charge is -2.41. The second-order valence-electron chi connectivity index (χ2n) is 16.3. The number of phosphoric ester groups is 1. The molecule has 0 saturated heterocycles. The van der Waals surface area contributed by atoms with Crippen LogP contribution >= 0.6 is 7.82 Å². The van der Waals surface area contributed by atoms with Crippen LogP contribution in [0, 0.1) is 0 Å². The van der Waals surface area contributed by atoms with E-state index in [0.717, 1.165) is 44.9 Å². The van der Waals surface area contributed by atoms with E-state index in [4.69, 9.17) is 18.5 Å². The number of allylic oxidation sites excluding steroid dienone is 7. The Morgan fingerprint density at radius 2 is 0.984 bits per heavy atom. The average molecular weight is 887 g/mol. The van der Waals surface area contributed by atoms with Crippen LogP contribution < -0.4 is 0 Å². The molecule has 354 valence electrons. The highest BCUT2D eigenvalue weighted by atomic mass is 31.2. The summed E-state index contributed by atoms with van der Waals surface area (Å²) in [7, 11) is -5.13. The summed E-state index contributed by atoms with van der Waals surface area (Å²) in [5, 5.41) is 50.1. The number of carbonyl (C=O) groups excluding carboxylic acids is 2. The fraction of sp³-hybridized carbons (Fsp3) is 0.787. The van der Waals surface area contributed by atoms with Crippen LogP contribution in [0.3, 0.4) is 0 Å². The van der Waals surface area contributed by atoms with Crippen LogP contribution in [-0.4, -0.2) is 98.3 Å². The molecule has 1 aliphatic rings. The molecule has 14 heteroatoms. The van der Waals surface area contributed by atoms with E-state index in [1.165, 1.54) is 96.3 Å². The minimum atomic E-state index is -5.13. The third kappa shape index (κ3) is 29.7. The number of phosphoric acid groups is 1. The van der Waals surface area contributed by atoms with E-state index < -0.39 is 75.7 Å². The molecule has 0 bridgehead atoms. The predicted octanol–water partition coefficient (Wildman–Crippen LogP) is 9.17. The number of aliphatic hydroxyl groups is 5. The maximum Gasteiger partial charge on any atom is 0.472 e. The quantitative estimate of drug-likeness (QED) is 0.0147. The molecule has 0 spiro atoms. The number of esters is 2. The molecule has 0 aliphatic heterocycles. The lowest BCUT2D eigenvalue weighted by Crippen LogP contribution is -2.64. The van der Waals surface area contributed by atoms with Gasteiger partial charge in [0.05, 0.1) is 6.61 Å². The first-order valence-electron chi connectivity index (χ1n) is 23.4. The second kappa shape index (κ2) is 37.2. The smallest absolute Gasteiger partial charge is 0.462 e. The first kappa shape index (κ1) is 56.8. The van der Waals surface area contributed by atoms with E-state index >= 15 is 0 Å². The standard InChI is InChI=1S/C47H83O13P/c1-3-5-7-9-11-13-15-17-19-20-22-24-26-28-30-32-34-36-41(49)59-39(38-58-61(55,56)60-47-45(53)43(51)42(50)44(52)46(47)54)37-57-40(48)35-33-31-29-27-25-23-21-18-16-14-12-10-8-6-4-2/h4,17,19,22,24,28,30,39,42-47,50-54H,2-3,5-16,18,20-21,23,25-27,29,31-38H2,1H3,(H,55,56)/b19-17+,24-22+,30-28+/t39-,42?,43+,44?,45?,46?,47?/m1/s1. The molecule has 1 rings (SSSR count). The summed E-state index contributed by atoms with van der Waals surface area (Å²) in [6.07, 6.45) is 29.2. The van der Waals surface area contributed by atoms with Gasteiger partial charge in [-0.05, 0) is 57.8 Å². The van der Waals surface area contributed by atoms with Crippen molar-refractivity contribution in [2.75, 3.05) is 13.2 Å². The maximum absolute atomic E-state index is 12.8. The van der Waals surface area contributed by atoms with E-state index in [1.807, 2.05) is 18.2 Å². The Balaban J connectivity index is 2.49. The molecule has 0 amide bonds. The molecule has 61 heavy (non-hydrogen) atoms. The molecule has 0 heterocycles. The van der Waals surface area contributed by atoms with Crippen molar-refractivity contribution in [1.82, 2.24) is 0 Å². The van der Waals surface area contributed by atoms with Crippen molar-refractivity contribution in [1.29, 1.82) is 0 Å². The lowest BCUT2D eigenvalue weighted by atomic mass is 9.85. The van der Waals surface area contributed by atoms with Gasteiger partial charge in [0.25, 0.3) is 0 Å². The Kier molecular flexibility index (Phi) is 34.7. The second-order valence-corrected chi connectivity index (χ2v) is 17.7. The normalized spacial score (nSPS) is 22.2. The fourth-order valence-corrected chi connectivity index (χ4v) is 7.96. The Hall–Kier alpha value is -2.19.